The molecule has 0 bridgehead atoms. The smallest absolute Gasteiger partial charge is 0.272 e. The molecular formula is C23H28N4O2. The maximum atomic E-state index is 12.9. The van der Waals surface area contributed by atoms with Crippen LogP contribution in [0, 0.1) is 33.6 Å². The zero-order chi connectivity index (χ0) is 20.7. The zero-order valence-corrected chi connectivity index (χ0v) is 17.5. The van der Waals surface area contributed by atoms with Crippen molar-refractivity contribution in [3.63, 3.8) is 0 Å². The number of carbonyl (C=O) groups excluding carboxylic acids is 1. The monoisotopic (exact) mass is 392 g/mol. The van der Waals surface area contributed by atoms with Crippen LogP contribution < -0.4 is 5.32 Å². The van der Waals surface area contributed by atoms with Gasteiger partial charge in [-0.25, -0.2) is 4.98 Å². The Morgan fingerprint density at radius 2 is 1.93 bits per heavy atom. The third kappa shape index (κ3) is 3.49. The highest BCUT2D eigenvalue weighted by Crippen LogP contribution is 2.29. The first-order valence-corrected chi connectivity index (χ1v) is 10.1. The fourth-order valence-electron chi connectivity index (χ4n) is 4.00. The summed E-state index contributed by atoms with van der Waals surface area (Å²) in [5, 5.41) is 13.7. The summed E-state index contributed by atoms with van der Waals surface area (Å²) >= 11 is 0. The van der Waals surface area contributed by atoms with Gasteiger partial charge in [-0.2, -0.15) is 0 Å². The summed E-state index contributed by atoms with van der Waals surface area (Å²) in [4.78, 5) is 22.8. The molecule has 1 aliphatic rings. The van der Waals surface area contributed by atoms with Gasteiger partial charge >= 0.3 is 0 Å². The summed E-state index contributed by atoms with van der Waals surface area (Å²) in [6, 6.07) is 8.16. The highest BCUT2D eigenvalue weighted by molar-refractivity contribution is 6.01. The van der Waals surface area contributed by atoms with Crippen LogP contribution in [0.15, 0.2) is 24.3 Å². The molecule has 1 amide bonds. The molecule has 1 aromatic carbocycles. The molecule has 1 saturated heterocycles. The van der Waals surface area contributed by atoms with E-state index in [2.05, 4.69) is 54.3 Å². The van der Waals surface area contributed by atoms with Crippen LogP contribution in [0.5, 0.6) is 0 Å². The van der Waals surface area contributed by atoms with E-state index in [0.29, 0.717) is 31.1 Å². The summed E-state index contributed by atoms with van der Waals surface area (Å²) in [5.41, 5.74) is 7.28. The van der Waals surface area contributed by atoms with Crippen molar-refractivity contribution < 1.29 is 9.90 Å². The molecule has 29 heavy (non-hydrogen) atoms. The quantitative estimate of drug-likeness (QED) is 0.621. The minimum absolute atomic E-state index is 0.0787. The van der Waals surface area contributed by atoms with Crippen LogP contribution >= 0.6 is 0 Å². The van der Waals surface area contributed by atoms with Gasteiger partial charge in [0.15, 0.2) is 5.82 Å². The number of benzene rings is 1. The van der Waals surface area contributed by atoms with Crippen LogP contribution in [0.25, 0.3) is 10.9 Å². The molecule has 1 fully saturated rings. The van der Waals surface area contributed by atoms with Crippen molar-refractivity contribution >= 4 is 22.6 Å². The normalized spacial score (nSPS) is 14.3. The van der Waals surface area contributed by atoms with Gasteiger partial charge in [0.05, 0.1) is 5.52 Å². The van der Waals surface area contributed by atoms with E-state index in [4.69, 9.17) is 0 Å². The fourth-order valence-corrected chi connectivity index (χ4v) is 4.00. The molecule has 0 radical (unpaired) electrons. The Morgan fingerprint density at radius 3 is 2.59 bits per heavy atom. The van der Waals surface area contributed by atoms with E-state index in [9.17, 15) is 9.90 Å². The molecular weight excluding hydrogens is 364 g/mol. The lowest BCUT2D eigenvalue weighted by Gasteiger charge is -2.38. The SMILES string of the molecule is Cc1cccc(C)c1CNc1nc(C(=O)N2CC(CO)C2)cc2c(C)c(C)[nH]c12. The third-order valence-electron chi connectivity index (χ3n) is 6.10. The van der Waals surface area contributed by atoms with Crippen molar-refractivity contribution in [3.8, 4) is 0 Å². The van der Waals surface area contributed by atoms with Crippen molar-refractivity contribution in [2.24, 2.45) is 5.92 Å². The van der Waals surface area contributed by atoms with E-state index >= 15 is 0 Å². The average molecular weight is 393 g/mol. The highest BCUT2D eigenvalue weighted by Gasteiger charge is 2.31. The Labute approximate surface area is 171 Å². The van der Waals surface area contributed by atoms with Crippen molar-refractivity contribution in [2.45, 2.75) is 34.2 Å². The fraction of sp³-hybridized carbons (Fsp3) is 0.391. The third-order valence-corrected chi connectivity index (χ3v) is 6.10. The van der Waals surface area contributed by atoms with E-state index in [1.165, 1.54) is 16.7 Å². The molecule has 0 spiro atoms. The second-order valence-electron chi connectivity index (χ2n) is 8.14. The number of likely N-dealkylation sites (tertiary alicyclic amines) is 1. The first-order valence-electron chi connectivity index (χ1n) is 10.1. The summed E-state index contributed by atoms with van der Waals surface area (Å²) in [6.07, 6.45) is 0. The Morgan fingerprint density at radius 1 is 1.24 bits per heavy atom. The standard InChI is InChI=1S/C23H28N4O2/c1-13-6-5-7-14(2)19(13)9-24-22-21-18(15(3)16(4)25-21)8-20(26-22)23(29)27-10-17(11-27)12-28/h5-8,17,25,28H,9-12H2,1-4H3,(H,24,26). The van der Waals surface area contributed by atoms with Crippen LogP contribution in [-0.2, 0) is 6.54 Å². The second kappa shape index (κ2) is 7.52. The number of hydrogen-bond donors (Lipinski definition) is 3. The minimum Gasteiger partial charge on any atom is -0.396 e. The van der Waals surface area contributed by atoms with Crippen LogP contribution in [-0.4, -0.2) is 45.6 Å². The number of aliphatic hydroxyl groups excluding tert-OH is 1. The number of aliphatic hydroxyl groups is 1. The van der Waals surface area contributed by atoms with Crippen molar-refractivity contribution in [1.82, 2.24) is 14.9 Å². The van der Waals surface area contributed by atoms with Gasteiger partial charge < -0.3 is 20.3 Å². The Balaban J connectivity index is 1.68. The number of hydrogen-bond acceptors (Lipinski definition) is 4. The predicted molar refractivity (Wildman–Crippen MR) is 115 cm³/mol. The number of rotatable bonds is 5. The molecule has 3 N–H and O–H groups in total. The van der Waals surface area contributed by atoms with E-state index in [-0.39, 0.29) is 18.4 Å². The van der Waals surface area contributed by atoms with Gasteiger partial charge in [-0.05, 0) is 56.0 Å². The first-order chi connectivity index (χ1) is 13.9. The van der Waals surface area contributed by atoms with E-state index in [1.807, 2.05) is 13.0 Å². The van der Waals surface area contributed by atoms with Crippen LogP contribution in [0.2, 0.25) is 0 Å². The molecule has 0 unspecified atom stereocenters. The maximum Gasteiger partial charge on any atom is 0.272 e. The lowest BCUT2D eigenvalue weighted by atomic mass is 10.0. The van der Waals surface area contributed by atoms with Gasteiger partial charge in [0.25, 0.3) is 5.91 Å². The molecule has 2 aromatic heterocycles. The topological polar surface area (TPSA) is 81.2 Å². The van der Waals surface area contributed by atoms with Crippen LogP contribution in [0.4, 0.5) is 5.82 Å². The molecule has 6 nitrogen and oxygen atoms in total. The lowest BCUT2D eigenvalue weighted by Crippen LogP contribution is -2.51. The van der Waals surface area contributed by atoms with Crippen LogP contribution in [0.1, 0.15) is 38.4 Å². The number of aromatic nitrogens is 2. The van der Waals surface area contributed by atoms with E-state index < -0.39 is 0 Å². The van der Waals surface area contributed by atoms with Crippen molar-refractivity contribution in [2.75, 3.05) is 25.0 Å². The molecule has 3 heterocycles. The summed E-state index contributed by atoms with van der Waals surface area (Å²) < 4.78 is 0. The number of pyridine rings is 1. The molecule has 0 aliphatic carbocycles. The maximum absolute atomic E-state index is 12.9. The van der Waals surface area contributed by atoms with Gasteiger partial charge in [-0.15, -0.1) is 0 Å². The molecule has 3 aromatic rings. The van der Waals surface area contributed by atoms with Crippen LogP contribution in [0.3, 0.4) is 0 Å². The summed E-state index contributed by atoms with van der Waals surface area (Å²) in [7, 11) is 0. The average Bonchev–Trinajstić information content (AvgIpc) is 2.95. The molecule has 1 aliphatic heterocycles. The number of carbonyl (C=O) groups is 1. The molecule has 152 valence electrons. The summed E-state index contributed by atoms with van der Waals surface area (Å²) in [6.45, 7) is 10.3. The van der Waals surface area contributed by atoms with Gasteiger partial charge in [0.1, 0.15) is 5.69 Å². The Hall–Kier alpha value is -2.86. The Bertz CT molecular complexity index is 1060. The summed E-state index contributed by atoms with van der Waals surface area (Å²) in [5.74, 6) is 0.800. The van der Waals surface area contributed by atoms with Crippen molar-refractivity contribution in [1.29, 1.82) is 0 Å². The first kappa shape index (κ1) is 19.5. The lowest BCUT2D eigenvalue weighted by molar-refractivity contribution is 0.0357. The number of aryl methyl sites for hydroxylation is 4. The van der Waals surface area contributed by atoms with Gasteiger partial charge in [-0.1, -0.05) is 18.2 Å². The van der Waals surface area contributed by atoms with Crippen molar-refractivity contribution in [3.05, 3.63) is 57.9 Å². The van der Waals surface area contributed by atoms with E-state index in [1.54, 1.807) is 4.90 Å². The minimum atomic E-state index is -0.0787. The number of H-pyrrole nitrogens is 1. The molecule has 0 saturated carbocycles. The van der Waals surface area contributed by atoms with Gasteiger partial charge in [-0.3, -0.25) is 4.79 Å². The second-order valence-corrected chi connectivity index (χ2v) is 8.14. The number of fused-ring (bicyclic) bond motifs is 1. The number of amides is 1. The predicted octanol–water partition coefficient (Wildman–Crippen LogP) is 3.47. The molecule has 0 atom stereocenters. The van der Waals surface area contributed by atoms with E-state index in [0.717, 1.165) is 22.2 Å². The zero-order valence-electron chi connectivity index (χ0n) is 17.5. The van der Waals surface area contributed by atoms with Gasteiger partial charge in [0, 0.05) is 43.2 Å². The number of anilines is 1. The largest absolute Gasteiger partial charge is 0.396 e. The number of aromatic amines is 1. The number of nitrogens with zero attached hydrogens (tertiary/aromatic N) is 2. The Kier molecular flexibility index (Phi) is 5.04. The highest BCUT2D eigenvalue weighted by atomic mass is 16.3. The number of nitrogens with one attached hydrogen (secondary N) is 2. The molecule has 4 rings (SSSR count). The van der Waals surface area contributed by atoms with Gasteiger partial charge in [0.2, 0.25) is 0 Å². The molecule has 6 heteroatoms.